The molecule has 1 rings (SSSR count). The number of hydrogen-bond donors (Lipinski definition) is 1. The van der Waals surface area contributed by atoms with Crippen molar-refractivity contribution in [2.45, 2.75) is 27.2 Å². The van der Waals surface area contributed by atoms with Gasteiger partial charge in [0.25, 0.3) is 0 Å². The molecule has 0 radical (unpaired) electrons. The Kier molecular flexibility index (Phi) is 4.27. The number of nitriles is 1. The molecule has 1 atom stereocenters. The highest BCUT2D eigenvalue weighted by Gasteiger charge is 2.13. The zero-order valence-corrected chi connectivity index (χ0v) is 10.9. The first-order chi connectivity index (χ1) is 7.99. The number of anilines is 2. The van der Waals surface area contributed by atoms with Gasteiger partial charge in [0.1, 0.15) is 17.5 Å². The van der Waals surface area contributed by atoms with Crippen LogP contribution in [0.15, 0.2) is 0 Å². The van der Waals surface area contributed by atoms with Crippen LogP contribution in [0.1, 0.15) is 25.2 Å². The van der Waals surface area contributed by atoms with Gasteiger partial charge in [0.15, 0.2) is 0 Å². The fraction of sp³-hybridized carbons (Fsp3) is 0.583. The van der Waals surface area contributed by atoms with Crippen LogP contribution in [-0.2, 0) is 6.42 Å². The van der Waals surface area contributed by atoms with Gasteiger partial charge in [-0.05, 0) is 13.8 Å². The average molecular weight is 233 g/mol. The van der Waals surface area contributed by atoms with Gasteiger partial charge in [-0.3, -0.25) is 0 Å². The molecule has 0 aliphatic rings. The molecule has 92 valence electrons. The molecule has 0 saturated heterocycles. The average Bonchev–Trinajstić information content (AvgIpc) is 2.31. The highest BCUT2D eigenvalue weighted by Crippen LogP contribution is 2.21. The van der Waals surface area contributed by atoms with Gasteiger partial charge >= 0.3 is 0 Å². The molecule has 0 aliphatic carbocycles. The summed E-state index contributed by atoms with van der Waals surface area (Å²) in [6.45, 7) is 6.41. The Balaban J connectivity index is 3.04. The van der Waals surface area contributed by atoms with Crippen LogP contribution >= 0.6 is 0 Å². The number of nitrogens with zero attached hydrogens (tertiary/aromatic N) is 4. The van der Waals surface area contributed by atoms with E-state index in [1.54, 1.807) is 0 Å². The largest absolute Gasteiger partial charge is 0.383 e. The van der Waals surface area contributed by atoms with Crippen LogP contribution < -0.4 is 10.6 Å². The van der Waals surface area contributed by atoms with Crippen molar-refractivity contribution in [1.29, 1.82) is 5.26 Å². The van der Waals surface area contributed by atoms with E-state index in [0.29, 0.717) is 12.4 Å². The Morgan fingerprint density at radius 1 is 1.47 bits per heavy atom. The van der Waals surface area contributed by atoms with Gasteiger partial charge in [-0.25, -0.2) is 9.97 Å². The van der Waals surface area contributed by atoms with Crippen molar-refractivity contribution in [1.82, 2.24) is 9.97 Å². The maximum absolute atomic E-state index is 8.82. The third-order valence-electron chi connectivity index (χ3n) is 2.65. The van der Waals surface area contributed by atoms with Gasteiger partial charge in [-0.2, -0.15) is 5.26 Å². The fourth-order valence-corrected chi connectivity index (χ4v) is 1.64. The molecule has 1 unspecified atom stereocenters. The standard InChI is InChI=1S/C12H19N5/c1-5-10-15-11(14)9(3)12(16-10)17(4)7-8(2)6-13/h8H,5,7H2,1-4H3,(H2,14,15,16). The summed E-state index contributed by atoms with van der Waals surface area (Å²) < 4.78 is 0. The zero-order chi connectivity index (χ0) is 13.0. The molecule has 0 amide bonds. The number of hydrogen-bond acceptors (Lipinski definition) is 5. The number of aryl methyl sites for hydroxylation is 1. The Morgan fingerprint density at radius 3 is 2.65 bits per heavy atom. The first-order valence-electron chi connectivity index (χ1n) is 5.73. The summed E-state index contributed by atoms with van der Waals surface area (Å²) in [4.78, 5) is 10.6. The van der Waals surface area contributed by atoms with Crippen LogP contribution in [0, 0.1) is 24.2 Å². The van der Waals surface area contributed by atoms with Crippen LogP contribution in [-0.4, -0.2) is 23.6 Å². The Bertz CT molecular complexity index is 435. The molecule has 0 saturated carbocycles. The summed E-state index contributed by atoms with van der Waals surface area (Å²) in [5, 5.41) is 8.82. The first-order valence-corrected chi connectivity index (χ1v) is 5.73. The molecule has 17 heavy (non-hydrogen) atoms. The topological polar surface area (TPSA) is 78.8 Å². The first kappa shape index (κ1) is 13.2. The van der Waals surface area contributed by atoms with Gasteiger partial charge in [0.2, 0.25) is 0 Å². The molecule has 2 N–H and O–H groups in total. The molecular weight excluding hydrogens is 214 g/mol. The van der Waals surface area contributed by atoms with Crippen molar-refractivity contribution >= 4 is 11.6 Å². The Hall–Kier alpha value is -1.83. The minimum atomic E-state index is -0.0410. The van der Waals surface area contributed by atoms with Crippen LogP contribution in [0.5, 0.6) is 0 Å². The van der Waals surface area contributed by atoms with Crippen LogP contribution in [0.2, 0.25) is 0 Å². The van der Waals surface area contributed by atoms with Crippen molar-refractivity contribution in [2.75, 3.05) is 24.2 Å². The highest BCUT2D eigenvalue weighted by atomic mass is 15.2. The number of nitrogens with two attached hydrogens (primary N) is 1. The van der Waals surface area contributed by atoms with E-state index in [1.807, 2.05) is 32.7 Å². The monoisotopic (exact) mass is 233 g/mol. The summed E-state index contributed by atoms with van der Waals surface area (Å²) in [6.07, 6.45) is 0.749. The van der Waals surface area contributed by atoms with E-state index in [4.69, 9.17) is 11.0 Å². The third-order valence-corrected chi connectivity index (χ3v) is 2.65. The van der Waals surface area contributed by atoms with E-state index in [1.165, 1.54) is 0 Å². The van der Waals surface area contributed by atoms with E-state index in [-0.39, 0.29) is 5.92 Å². The maximum atomic E-state index is 8.82. The lowest BCUT2D eigenvalue weighted by Gasteiger charge is -2.22. The van der Waals surface area contributed by atoms with Crippen molar-refractivity contribution in [2.24, 2.45) is 5.92 Å². The zero-order valence-electron chi connectivity index (χ0n) is 10.9. The summed E-state index contributed by atoms with van der Waals surface area (Å²) >= 11 is 0. The number of aromatic nitrogens is 2. The van der Waals surface area contributed by atoms with Gasteiger partial charge in [-0.1, -0.05) is 6.92 Å². The van der Waals surface area contributed by atoms with E-state index in [9.17, 15) is 0 Å². The van der Waals surface area contributed by atoms with E-state index < -0.39 is 0 Å². The minimum Gasteiger partial charge on any atom is -0.383 e. The van der Waals surface area contributed by atoms with Gasteiger partial charge in [0.05, 0.1) is 12.0 Å². The molecule has 0 spiro atoms. The quantitative estimate of drug-likeness (QED) is 0.853. The van der Waals surface area contributed by atoms with Crippen molar-refractivity contribution < 1.29 is 0 Å². The Morgan fingerprint density at radius 2 is 2.12 bits per heavy atom. The lowest BCUT2D eigenvalue weighted by atomic mass is 10.2. The maximum Gasteiger partial charge on any atom is 0.137 e. The highest BCUT2D eigenvalue weighted by molar-refractivity contribution is 5.56. The molecule has 1 heterocycles. The lowest BCUT2D eigenvalue weighted by Crippen LogP contribution is -2.26. The second-order valence-electron chi connectivity index (χ2n) is 4.24. The van der Waals surface area contributed by atoms with E-state index in [0.717, 1.165) is 23.6 Å². The molecule has 0 aliphatic heterocycles. The molecule has 1 aromatic rings. The normalized spacial score (nSPS) is 11.9. The minimum absolute atomic E-state index is 0.0410. The summed E-state index contributed by atoms with van der Waals surface area (Å²) in [6, 6.07) is 2.21. The van der Waals surface area contributed by atoms with Crippen molar-refractivity contribution in [3.8, 4) is 6.07 Å². The SMILES string of the molecule is CCc1nc(N)c(C)c(N(C)CC(C)C#N)n1. The summed E-state index contributed by atoms with van der Waals surface area (Å²) in [7, 11) is 1.92. The van der Waals surface area contributed by atoms with Crippen LogP contribution in [0.4, 0.5) is 11.6 Å². The summed E-state index contributed by atoms with van der Waals surface area (Å²) in [5.74, 6) is 2.03. The molecule has 0 aromatic carbocycles. The molecular formula is C12H19N5. The van der Waals surface area contributed by atoms with Gasteiger partial charge in [-0.15, -0.1) is 0 Å². The second-order valence-corrected chi connectivity index (χ2v) is 4.24. The lowest BCUT2D eigenvalue weighted by molar-refractivity contribution is 0.705. The molecule has 5 heteroatoms. The van der Waals surface area contributed by atoms with E-state index >= 15 is 0 Å². The summed E-state index contributed by atoms with van der Waals surface area (Å²) in [5.41, 5.74) is 6.73. The van der Waals surface area contributed by atoms with E-state index in [2.05, 4.69) is 16.0 Å². The number of nitrogen functional groups attached to an aromatic ring is 1. The Labute approximate surface area is 102 Å². The molecule has 0 fully saturated rings. The predicted octanol–water partition coefficient (Wildman–Crippen LogP) is 1.53. The molecule has 5 nitrogen and oxygen atoms in total. The molecule has 0 bridgehead atoms. The second kappa shape index (κ2) is 5.48. The predicted molar refractivity (Wildman–Crippen MR) is 68.6 cm³/mol. The third kappa shape index (κ3) is 3.06. The fourth-order valence-electron chi connectivity index (χ4n) is 1.64. The van der Waals surface area contributed by atoms with Crippen LogP contribution in [0.25, 0.3) is 0 Å². The van der Waals surface area contributed by atoms with Crippen molar-refractivity contribution in [3.63, 3.8) is 0 Å². The smallest absolute Gasteiger partial charge is 0.137 e. The number of rotatable bonds is 4. The molecule has 1 aromatic heterocycles. The van der Waals surface area contributed by atoms with Crippen LogP contribution in [0.3, 0.4) is 0 Å². The van der Waals surface area contributed by atoms with Crippen molar-refractivity contribution in [3.05, 3.63) is 11.4 Å². The van der Waals surface area contributed by atoms with Gasteiger partial charge < -0.3 is 10.6 Å². The van der Waals surface area contributed by atoms with Gasteiger partial charge in [0, 0.05) is 25.6 Å².